The van der Waals surface area contributed by atoms with Crippen molar-refractivity contribution >= 4 is 39.1 Å². The number of hydrazone groups is 1. The average Bonchev–Trinajstić information content (AvgIpc) is 2.95. The van der Waals surface area contributed by atoms with E-state index in [1.54, 1.807) is 12.1 Å². The smallest absolute Gasteiger partial charge is 0.240 e. The third-order valence-electron chi connectivity index (χ3n) is 3.76. The van der Waals surface area contributed by atoms with Crippen molar-refractivity contribution in [3.8, 4) is 5.75 Å². The molecule has 0 saturated carbocycles. The molecule has 4 nitrogen and oxygen atoms in total. The van der Waals surface area contributed by atoms with Gasteiger partial charge in [0.1, 0.15) is 5.75 Å². The zero-order valence-corrected chi connectivity index (χ0v) is 14.7. The number of nitrogens with zero attached hydrogens (tertiary/aromatic N) is 2. The van der Waals surface area contributed by atoms with Crippen LogP contribution in [0, 0.1) is 0 Å². The van der Waals surface area contributed by atoms with E-state index < -0.39 is 0 Å². The predicted molar refractivity (Wildman–Crippen MR) is 93.7 cm³/mol. The molecule has 0 radical (unpaired) electrons. The summed E-state index contributed by atoms with van der Waals surface area (Å²) < 4.78 is 0.979. The van der Waals surface area contributed by atoms with Gasteiger partial charge in [-0.25, -0.2) is 5.01 Å². The molecule has 1 heterocycles. The highest BCUT2D eigenvalue weighted by molar-refractivity contribution is 9.10. The van der Waals surface area contributed by atoms with E-state index in [2.05, 4.69) is 21.0 Å². The van der Waals surface area contributed by atoms with Gasteiger partial charge in [-0.3, -0.25) is 4.79 Å². The summed E-state index contributed by atoms with van der Waals surface area (Å²) in [5, 5.41) is 16.5. The third kappa shape index (κ3) is 3.26. The molecule has 0 aliphatic carbocycles. The number of hydrogen-bond acceptors (Lipinski definition) is 3. The maximum Gasteiger partial charge on any atom is 0.240 e. The molecule has 1 unspecified atom stereocenters. The third-order valence-corrected chi connectivity index (χ3v) is 4.52. The van der Waals surface area contributed by atoms with E-state index in [9.17, 15) is 9.90 Å². The summed E-state index contributed by atoms with van der Waals surface area (Å²) in [6, 6.07) is 12.2. The summed E-state index contributed by atoms with van der Waals surface area (Å²) in [6.07, 6.45) is 0.523. The molecule has 0 saturated heterocycles. The maximum atomic E-state index is 12.0. The summed E-state index contributed by atoms with van der Waals surface area (Å²) in [4.78, 5) is 12.0. The number of amides is 1. The lowest BCUT2D eigenvalue weighted by Gasteiger charge is -2.21. The van der Waals surface area contributed by atoms with Crippen molar-refractivity contribution in [2.45, 2.75) is 19.4 Å². The first-order chi connectivity index (χ1) is 11.0. The second-order valence-electron chi connectivity index (χ2n) is 5.34. The van der Waals surface area contributed by atoms with Crippen LogP contribution in [0.15, 0.2) is 52.0 Å². The molecule has 23 heavy (non-hydrogen) atoms. The van der Waals surface area contributed by atoms with E-state index >= 15 is 0 Å². The molecule has 1 amide bonds. The molecule has 1 N–H and O–H groups in total. The van der Waals surface area contributed by atoms with Crippen LogP contribution in [0.1, 0.15) is 30.5 Å². The van der Waals surface area contributed by atoms with E-state index in [1.165, 1.54) is 18.0 Å². The van der Waals surface area contributed by atoms with Gasteiger partial charge in [0.05, 0.1) is 11.8 Å². The molecule has 118 valence electrons. The van der Waals surface area contributed by atoms with E-state index in [4.69, 9.17) is 11.6 Å². The molecule has 1 aliphatic rings. The van der Waals surface area contributed by atoms with Crippen LogP contribution in [-0.2, 0) is 4.79 Å². The minimum atomic E-state index is -0.357. The maximum absolute atomic E-state index is 12.0. The molecule has 0 fully saturated rings. The summed E-state index contributed by atoms with van der Waals surface area (Å²) >= 11 is 9.44. The highest BCUT2D eigenvalue weighted by Crippen LogP contribution is 2.38. The van der Waals surface area contributed by atoms with Gasteiger partial charge < -0.3 is 5.11 Å². The lowest BCUT2D eigenvalue weighted by molar-refractivity contribution is -0.130. The van der Waals surface area contributed by atoms with Crippen LogP contribution in [0.5, 0.6) is 5.75 Å². The Hall–Kier alpha value is -1.85. The van der Waals surface area contributed by atoms with Gasteiger partial charge in [-0.2, -0.15) is 5.10 Å². The molecule has 0 aromatic heterocycles. The quantitative estimate of drug-likeness (QED) is 0.816. The van der Waals surface area contributed by atoms with Crippen molar-refractivity contribution < 1.29 is 9.90 Å². The van der Waals surface area contributed by atoms with E-state index in [1.807, 2.05) is 24.3 Å². The van der Waals surface area contributed by atoms with Crippen molar-refractivity contribution in [1.29, 1.82) is 0 Å². The molecule has 1 aliphatic heterocycles. The molecule has 3 rings (SSSR count). The summed E-state index contributed by atoms with van der Waals surface area (Å²) in [5.74, 6) is -0.0700. The SMILES string of the molecule is CC(=O)N1N=C(c2ccc(Br)cc2)CC1c1cc(Cl)ccc1O. The Morgan fingerprint density at radius 3 is 2.65 bits per heavy atom. The number of carbonyl (C=O) groups excluding carboxylic acids is 1. The van der Waals surface area contributed by atoms with Gasteiger partial charge in [0.2, 0.25) is 5.91 Å². The molecule has 0 bridgehead atoms. The highest BCUT2D eigenvalue weighted by Gasteiger charge is 2.33. The number of phenolic OH excluding ortho intramolecular Hbond substituents is 1. The van der Waals surface area contributed by atoms with E-state index in [0.717, 1.165) is 15.7 Å². The molecule has 2 aromatic rings. The number of benzene rings is 2. The van der Waals surface area contributed by atoms with Gasteiger partial charge in [0.15, 0.2) is 0 Å². The second-order valence-corrected chi connectivity index (χ2v) is 6.69. The number of hydrogen-bond donors (Lipinski definition) is 1. The average molecular weight is 394 g/mol. The topological polar surface area (TPSA) is 52.9 Å². The Bertz CT molecular complexity index is 790. The van der Waals surface area contributed by atoms with Crippen LogP contribution in [0.4, 0.5) is 0 Å². The van der Waals surface area contributed by atoms with Crippen LogP contribution >= 0.6 is 27.5 Å². The monoisotopic (exact) mass is 392 g/mol. The largest absolute Gasteiger partial charge is 0.508 e. The Morgan fingerprint density at radius 2 is 2.00 bits per heavy atom. The fourth-order valence-electron chi connectivity index (χ4n) is 2.65. The van der Waals surface area contributed by atoms with E-state index in [-0.39, 0.29) is 17.7 Å². The van der Waals surface area contributed by atoms with E-state index in [0.29, 0.717) is 17.0 Å². The first-order valence-electron chi connectivity index (χ1n) is 7.07. The van der Waals surface area contributed by atoms with Crippen LogP contribution in [0.2, 0.25) is 5.02 Å². The normalized spacial score (nSPS) is 17.3. The number of carbonyl (C=O) groups is 1. The molecule has 6 heteroatoms. The van der Waals surface area contributed by atoms with Crippen molar-refractivity contribution in [2.24, 2.45) is 5.10 Å². The summed E-state index contributed by atoms with van der Waals surface area (Å²) in [6.45, 7) is 1.46. The van der Waals surface area contributed by atoms with Gasteiger partial charge in [0.25, 0.3) is 0 Å². The van der Waals surface area contributed by atoms with Crippen LogP contribution < -0.4 is 0 Å². The second kappa shape index (κ2) is 6.34. The number of halogens is 2. The minimum absolute atomic E-state index is 0.109. The van der Waals surface area contributed by atoms with Gasteiger partial charge in [-0.1, -0.05) is 39.7 Å². The molecule has 2 aromatic carbocycles. The summed E-state index contributed by atoms with van der Waals surface area (Å²) in [7, 11) is 0. The van der Waals surface area contributed by atoms with Crippen molar-refractivity contribution in [3.05, 3.63) is 63.1 Å². The Balaban J connectivity index is 1.98. The molecule has 0 spiro atoms. The Kier molecular flexibility index (Phi) is 4.41. The van der Waals surface area contributed by atoms with Gasteiger partial charge >= 0.3 is 0 Å². The van der Waals surface area contributed by atoms with Crippen LogP contribution in [0.25, 0.3) is 0 Å². The van der Waals surface area contributed by atoms with Crippen LogP contribution in [-0.4, -0.2) is 21.7 Å². The van der Waals surface area contributed by atoms with Crippen molar-refractivity contribution in [2.75, 3.05) is 0 Å². The number of rotatable bonds is 2. The number of aromatic hydroxyl groups is 1. The Labute approximate surface area is 147 Å². The summed E-state index contributed by atoms with van der Waals surface area (Å²) in [5.41, 5.74) is 2.35. The first-order valence-corrected chi connectivity index (χ1v) is 8.24. The fraction of sp³-hybridized carbons (Fsp3) is 0.176. The first kappa shape index (κ1) is 16.0. The molecule has 1 atom stereocenters. The lowest BCUT2D eigenvalue weighted by Crippen LogP contribution is -2.24. The van der Waals surface area contributed by atoms with Gasteiger partial charge in [-0.15, -0.1) is 0 Å². The van der Waals surface area contributed by atoms with Crippen LogP contribution in [0.3, 0.4) is 0 Å². The lowest BCUT2D eigenvalue weighted by atomic mass is 9.98. The zero-order chi connectivity index (χ0) is 16.6. The molecular formula is C17H14BrClN2O2. The van der Waals surface area contributed by atoms with Gasteiger partial charge in [0, 0.05) is 28.4 Å². The zero-order valence-electron chi connectivity index (χ0n) is 12.3. The van der Waals surface area contributed by atoms with Crippen molar-refractivity contribution in [1.82, 2.24) is 5.01 Å². The van der Waals surface area contributed by atoms with Crippen molar-refractivity contribution in [3.63, 3.8) is 0 Å². The predicted octanol–water partition coefficient (Wildman–Crippen LogP) is 4.51. The Morgan fingerprint density at radius 1 is 1.30 bits per heavy atom. The standard InChI is InChI=1S/C17H14BrClN2O2/c1-10(22)21-16(14-8-13(19)6-7-17(14)23)9-15(20-21)11-2-4-12(18)5-3-11/h2-8,16,23H,9H2,1H3. The molecular weight excluding hydrogens is 380 g/mol. The minimum Gasteiger partial charge on any atom is -0.508 e. The number of phenols is 1. The fourth-order valence-corrected chi connectivity index (χ4v) is 3.10. The van der Waals surface area contributed by atoms with Gasteiger partial charge in [-0.05, 0) is 35.9 Å². The highest BCUT2D eigenvalue weighted by atomic mass is 79.9.